The smallest absolute Gasteiger partial charge is 0.0431 e. The number of allylic oxidation sites excluding steroid dienone is 2. The van der Waals surface area contributed by atoms with Gasteiger partial charge in [-0.2, -0.15) is 0 Å². The van der Waals surface area contributed by atoms with E-state index in [0.717, 1.165) is 6.42 Å². The van der Waals surface area contributed by atoms with Gasteiger partial charge in [0.05, 0.1) is 0 Å². The Kier molecular flexibility index (Phi) is 13.4. The van der Waals surface area contributed by atoms with Crippen LogP contribution in [0, 0.1) is 0 Å². The number of aliphatic hydroxyl groups is 1. The monoisotopic (exact) mass is 212 g/mol. The summed E-state index contributed by atoms with van der Waals surface area (Å²) < 4.78 is 0. The number of hydrogen-bond donors (Lipinski definition) is 1. The Morgan fingerprint density at radius 1 is 0.733 bits per heavy atom. The van der Waals surface area contributed by atoms with E-state index in [0.29, 0.717) is 6.61 Å². The van der Waals surface area contributed by atoms with E-state index in [2.05, 4.69) is 19.1 Å². The molecule has 1 nitrogen and oxygen atoms in total. The molecule has 0 aromatic heterocycles. The van der Waals surface area contributed by atoms with Crippen LogP contribution in [0.2, 0.25) is 0 Å². The molecule has 1 heteroatoms. The first-order valence-corrected chi connectivity index (χ1v) is 6.67. The first-order valence-electron chi connectivity index (χ1n) is 6.67. The Morgan fingerprint density at radius 2 is 1.27 bits per heavy atom. The minimum atomic E-state index is 0.363. The van der Waals surface area contributed by atoms with Gasteiger partial charge >= 0.3 is 0 Å². The van der Waals surface area contributed by atoms with Gasteiger partial charge in [-0.25, -0.2) is 0 Å². The molecule has 1 N–H and O–H groups in total. The molecule has 0 aliphatic rings. The van der Waals surface area contributed by atoms with E-state index in [1.165, 1.54) is 57.8 Å². The molecule has 0 heterocycles. The number of aliphatic hydroxyl groups excluding tert-OH is 1. The van der Waals surface area contributed by atoms with Crippen molar-refractivity contribution >= 4 is 0 Å². The van der Waals surface area contributed by atoms with Gasteiger partial charge in [0.2, 0.25) is 0 Å². The van der Waals surface area contributed by atoms with Crippen molar-refractivity contribution in [1.82, 2.24) is 0 Å². The summed E-state index contributed by atoms with van der Waals surface area (Å²) in [6.07, 6.45) is 17.3. The molecule has 0 amide bonds. The summed E-state index contributed by atoms with van der Waals surface area (Å²) in [5.74, 6) is 0. The maximum Gasteiger partial charge on any atom is 0.0431 e. The zero-order chi connectivity index (χ0) is 11.2. The van der Waals surface area contributed by atoms with Crippen molar-refractivity contribution in [3.05, 3.63) is 12.2 Å². The topological polar surface area (TPSA) is 20.2 Å². The third-order valence-corrected chi connectivity index (χ3v) is 2.65. The van der Waals surface area contributed by atoms with E-state index in [-0.39, 0.29) is 0 Å². The van der Waals surface area contributed by atoms with Gasteiger partial charge in [-0.15, -0.1) is 0 Å². The second kappa shape index (κ2) is 13.7. The zero-order valence-corrected chi connectivity index (χ0v) is 10.4. The molecular weight excluding hydrogens is 184 g/mol. The lowest BCUT2D eigenvalue weighted by molar-refractivity contribution is 0.282. The number of hydrogen-bond acceptors (Lipinski definition) is 1. The highest BCUT2D eigenvalue weighted by Gasteiger charge is 1.90. The number of unbranched alkanes of at least 4 members (excludes halogenated alkanes) is 8. The largest absolute Gasteiger partial charge is 0.396 e. The van der Waals surface area contributed by atoms with Crippen molar-refractivity contribution in [2.24, 2.45) is 0 Å². The van der Waals surface area contributed by atoms with Crippen LogP contribution in [-0.2, 0) is 0 Å². The Morgan fingerprint density at radius 3 is 1.87 bits per heavy atom. The van der Waals surface area contributed by atoms with Crippen LogP contribution in [0.15, 0.2) is 12.2 Å². The van der Waals surface area contributed by atoms with E-state index in [9.17, 15) is 0 Å². The van der Waals surface area contributed by atoms with Crippen molar-refractivity contribution in [2.75, 3.05) is 6.61 Å². The summed E-state index contributed by atoms with van der Waals surface area (Å²) >= 11 is 0. The molecule has 0 spiro atoms. The molecule has 0 aromatic rings. The molecule has 0 radical (unpaired) electrons. The van der Waals surface area contributed by atoms with Crippen molar-refractivity contribution < 1.29 is 5.11 Å². The van der Waals surface area contributed by atoms with Crippen LogP contribution in [0.3, 0.4) is 0 Å². The Bertz CT molecular complexity index is 129. The van der Waals surface area contributed by atoms with Gasteiger partial charge in [0.25, 0.3) is 0 Å². The maximum atomic E-state index is 8.60. The minimum absolute atomic E-state index is 0.363. The molecule has 0 aromatic carbocycles. The van der Waals surface area contributed by atoms with Crippen LogP contribution in [0.25, 0.3) is 0 Å². The molecule has 15 heavy (non-hydrogen) atoms. The Hall–Kier alpha value is -0.300. The summed E-state index contributed by atoms with van der Waals surface area (Å²) in [5.41, 5.74) is 0. The minimum Gasteiger partial charge on any atom is -0.396 e. The highest BCUT2D eigenvalue weighted by atomic mass is 16.2. The molecule has 0 aliphatic heterocycles. The average molecular weight is 212 g/mol. The van der Waals surface area contributed by atoms with E-state index in [4.69, 9.17) is 5.11 Å². The average Bonchev–Trinajstić information content (AvgIpc) is 2.26. The molecule has 0 atom stereocenters. The lowest BCUT2D eigenvalue weighted by Gasteiger charge is -1.99. The fourth-order valence-corrected chi connectivity index (χ4v) is 1.66. The summed E-state index contributed by atoms with van der Waals surface area (Å²) in [5, 5.41) is 8.60. The summed E-state index contributed by atoms with van der Waals surface area (Å²) in [4.78, 5) is 0. The lowest BCUT2D eigenvalue weighted by atomic mass is 10.1. The lowest BCUT2D eigenvalue weighted by Crippen LogP contribution is -1.83. The van der Waals surface area contributed by atoms with E-state index in [1.54, 1.807) is 0 Å². The molecule has 0 aliphatic carbocycles. The Balaban J connectivity index is 2.92. The molecule has 90 valence electrons. The van der Waals surface area contributed by atoms with Gasteiger partial charge in [0, 0.05) is 6.61 Å². The SMILES string of the molecule is CCCC=CCCCCCCCCCO. The fraction of sp³-hybridized carbons (Fsp3) is 0.857. The molecule has 0 saturated heterocycles. The van der Waals surface area contributed by atoms with Crippen molar-refractivity contribution in [3.8, 4) is 0 Å². The highest BCUT2D eigenvalue weighted by Crippen LogP contribution is 2.08. The normalized spacial score (nSPS) is 11.3. The van der Waals surface area contributed by atoms with Crippen LogP contribution < -0.4 is 0 Å². The molecule has 0 unspecified atom stereocenters. The van der Waals surface area contributed by atoms with Crippen molar-refractivity contribution in [2.45, 2.75) is 71.1 Å². The maximum absolute atomic E-state index is 8.60. The third-order valence-electron chi connectivity index (χ3n) is 2.65. The number of rotatable bonds is 11. The molecular formula is C14H28O. The molecule has 0 saturated carbocycles. The predicted molar refractivity (Wildman–Crippen MR) is 68.1 cm³/mol. The van der Waals surface area contributed by atoms with Crippen molar-refractivity contribution in [1.29, 1.82) is 0 Å². The molecule has 0 bridgehead atoms. The predicted octanol–water partition coefficient (Wildman–Crippen LogP) is 4.46. The zero-order valence-electron chi connectivity index (χ0n) is 10.4. The van der Waals surface area contributed by atoms with Crippen LogP contribution in [0.1, 0.15) is 71.1 Å². The summed E-state index contributed by atoms with van der Waals surface area (Å²) in [6, 6.07) is 0. The van der Waals surface area contributed by atoms with Crippen molar-refractivity contribution in [3.63, 3.8) is 0 Å². The van der Waals surface area contributed by atoms with E-state index < -0.39 is 0 Å². The van der Waals surface area contributed by atoms with Crippen LogP contribution in [0.5, 0.6) is 0 Å². The van der Waals surface area contributed by atoms with Gasteiger partial charge in [-0.3, -0.25) is 0 Å². The van der Waals surface area contributed by atoms with Gasteiger partial charge < -0.3 is 5.11 Å². The summed E-state index contributed by atoms with van der Waals surface area (Å²) in [7, 11) is 0. The molecule has 0 fully saturated rings. The second-order valence-corrected chi connectivity index (χ2v) is 4.25. The van der Waals surface area contributed by atoms with E-state index in [1.807, 2.05) is 0 Å². The first-order chi connectivity index (χ1) is 7.41. The van der Waals surface area contributed by atoms with Crippen LogP contribution in [0.4, 0.5) is 0 Å². The summed E-state index contributed by atoms with van der Waals surface area (Å²) in [6.45, 7) is 2.58. The van der Waals surface area contributed by atoms with Gasteiger partial charge in [-0.1, -0.05) is 57.6 Å². The highest BCUT2D eigenvalue weighted by molar-refractivity contribution is 4.80. The second-order valence-electron chi connectivity index (χ2n) is 4.25. The van der Waals surface area contributed by atoms with Gasteiger partial charge in [-0.05, 0) is 25.7 Å². The van der Waals surface area contributed by atoms with Gasteiger partial charge in [0.1, 0.15) is 0 Å². The quantitative estimate of drug-likeness (QED) is 0.396. The van der Waals surface area contributed by atoms with Crippen LogP contribution in [-0.4, -0.2) is 11.7 Å². The first kappa shape index (κ1) is 14.7. The fourth-order valence-electron chi connectivity index (χ4n) is 1.66. The standard InChI is InChI=1S/C14H28O/c1-2-3-4-5-6-7-8-9-10-11-12-13-14-15/h4-5,15H,2-3,6-14H2,1H3. The van der Waals surface area contributed by atoms with Gasteiger partial charge in [0.15, 0.2) is 0 Å². The van der Waals surface area contributed by atoms with Crippen LogP contribution >= 0.6 is 0 Å². The third kappa shape index (κ3) is 13.7. The Labute approximate surface area is 95.6 Å². The molecule has 0 rings (SSSR count). The van der Waals surface area contributed by atoms with E-state index >= 15 is 0 Å².